The molecule has 0 spiro atoms. The maximum absolute atomic E-state index is 12.1. The van der Waals surface area contributed by atoms with Gasteiger partial charge in [0.1, 0.15) is 0 Å². The van der Waals surface area contributed by atoms with Crippen LogP contribution in [0.25, 0.3) is 0 Å². The summed E-state index contributed by atoms with van der Waals surface area (Å²) in [6, 6.07) is 8.70. The minimum Gasteiger partial charge on any atom is -0.371 e. The molecule has 1 saturated carbocycles. The van der Waals surface area contributed by atoms with Crippen LogP contribution in [0.4, 0.5) is 5.69 Å². The Morgan fingerprint density at radius 2 is 2.10 bits per heavy atom. The third-order valence-electron chi connectivity index (χ3n) is 4.94. The van der Waals surface area contributed by atoms with E-state index in [-0.39, 0.29) is 0 Å². The lowest BCUT2D eigenvalue weighted by Crippen LogP contribution is -2.34. The smallest absolute Gasteiger partial charge is 0.223 e. The average Bonchev–Trinajstić information content (AvgIpc) is 3.16. The van der Waals surface area contributed by atoms with Crippen molar-refractivity contribution < 1.29 is 4.79 Å². The molecule has 114 valence electrons. The molecule has 2 aliphatic rings. The Morgan fingerprint density at radius 3 is 2.86 bits per heavy atom. The van der Waals surface area contributed by atoms with Crippen molar-refractivity contribution in [2.75, 3.05) is 24.5 Å². The van der Waals surface area contributed by atoms with Crippen molar-refractivity contribution in [2.45, 2.75) is 39.0 Å². The van der Waals surface area contributed by atoms with Crippen LogP contribution in [0.1, 0.15) is 37.7 Å². The molecule has 3 heteroatoms. The van der Waals surface area contributed by atoms with Crippen LogP contribution in [0.3, 0.4) is 0 Å². The summed E-state index contributed by atoms with van der Waals surface area (Å²) in [4.78, 5) is 14.5. The first-order valence-electron chi connectivity index (χ1n) is 8.32. The first kappa shape index (κ1) is 14.4. The molecule has 1 aliphatic carbocycles. The van der Waals surface area contributed by atoms with Gasteiger partial charge in [-0.3, -0.25) is 4.79 Å². The number of anilines is 1. The van der Waals surface area contributed by atoms with E-state index >= 15 is 0 Å². The molecular weight excluding hydrogens is 260 g/mol. The Morgan fingerprint density at radius 1 is 1.29 bits per heavy atom. The van der Waals surface area contributed by atoms with Gasteiger partial charge in [-0.05, 0) is 49.8 Å². The SMILES string of the molecule is Cc1cccc(N2CCC(CNC(=O)C3CCCC3)C2)c1. The summed E-state index contributed by atoms with van der Waals surface area (Å²) in [7, 11) is 0. The Hall–Kier alpha value is -1.51. The van der Waals surface area contributed by atoms with Crippen LogP contribution in [0, 0.1) is 18.8 Å². The van der Waals surface area contributed by atoms with Crippen LogP contribution in [-0.4, -0.2) is 25.5 Å². The van der Waals surface area contributed by atoms with Crippen LogP contribution in [0.2, 0.25) is 0 Å². The number of amides is 1. The number of carbonyl (C=O) groups is 1. The van der Waals surface area contributed by atoms with Crippen molar-refractivity contribution in [3.05, 3.63) is 29.8 Å². The highest BCUT2D eigenvalue weighted by molar-refractivity contribution is 5.78. The normalized spacial score (nSPS) is 22.7. The lowest BCUT2D eigenvalue weighted by molar-refractivity contribution is -0.124. The molecule has 1 aromatic rings. The molecule has 1 unspecified atom stereocenters. The summed E-state index contributed by atoms with van der Waals surface area (Å²) in [6.45, 7) is 5.15. The lowest BCUT2D eigenvalue weighted by Gasteiger charge is -2.19. The fraction of sp³-hybridized carbons (Fsp3) is 0.611. The second-order valence-corrected chi connectivity index (χ2v) is 6.67. The Kier molecular flexibility index (Phi) is 4.47. The van der Waals surface area contributed by atoms with Crippen LogP contribution in [-0.2, 0) is 4.79 Å². The number of carbonyl (C=O) groups excluding carboxylic acids is 1. The molecule has 21 heavy (non-hydrogen) atoms. The molecule has 0 radical (unpaired) electrons. The van der Waals surface area contributed by atoms with E-state index in [1.165, 1.54) is 30.5 Å². The first-order chi connectivity index (χ1) is 10.2. The van der Waals surface area contributed by atoms with Gasteiger partial charge >= 0.3 is 0 Å². The second-order valence-electron chi connectivity index (χ2n) is 6.67. The fourth-order valence-electron chi connectivity index (χ4n) is 3.64. The van der Waals surface area contributed by atoms with Crippen LogP contribution < -0.4 is 10.2 Å². The summed E-state index contributed by atoms with van der Waals surface area (Å²) < 4.78 is 0. The number of hydrogen-bond acceptors (Lipinski definition) is 2. The van der Waals surface area contributed by atoms with E-state index in [0.717, 1.165) is 32.5 Å². The van der Waals surface area contributed by atoms with Crippen molar-refractivity contribution in [1.29, 1.82) is 0 Å². The van der Waals surface area contributed by atoms with Crippen LogP contribution in [0.5, 0.6) is 0 Å². The van der Waals surface area contributed by atoms with E-state index in [4.69, 9.17) is 0 Å². The van der Waals surface area contributed by atoms with Gasteiger partial charge in [0.2, 0.25) is 5.91 Å². The Labute approximate surface area is 127 Å². The van der Waals surface area contributed by atoms with Crippen LogP contribution >= 0.6 is 0 Å². The maximum Gasteiger partial charge on any atom is 0.223 e. The maximum atomic E-state index is 12.1. The zero-order valence-corrected chi connectivity index (χ0v) is 13.0. The third-order valence-corrected chi connectivity index (χ3v) is 4.94. The molecular formula is C18H26N2O. The fourth-order valence-corrected chi connectivity index (χ4v) is 3.64. The number of hydrogen-bond donors (Lipinski definition) is 1. The average molecular weight is 286 g/mol. The summed E-state index contributed by atoms with van der Waals surface area (Å²) in [5.74, 6) is 1.18. The van der Waals surface area contributed by atoms with E-state index in [1.54, 1.807) is 0 Å². The summed E-state index contributed by atoms with van der Waals surface area (Å²) >= 11 is 0. The molecule has 2 fully saturated rings. The lowest BCUT2D eigenvalue weighted by atomic mass is 10.1. The number of rotatable bonds is 4. The van der Waals surface area contributed by atoms with Crippen LogP contribution in [0.15, 0.2) is 24.3 Å². The van der Waals surface area contributed by atoms with Gasteiger partial charge in [0.15, 0.2) is 0 Å². The van der Waals surface area contributed by atoms with E-state index < -0.39 is 0 Å². The van der Waals surface area contributed by atoms with Gasteiger partial charge < -0.3 is 10.2 Å². The molecule has 0 aromatic heterocycles. The van der Waals surface area contributed by atoms with E-state index in [0.29, 0.717) is 17.7 Å². The van der Waals surface area contributed by atoms with Gasteiger partial charge in [0.05, 0.1) is 0 Å². The van der Waals surface area contributed by atoms with E-state index in [2.05, 4.69) is 41.4 Å². The minimum absolute atomic E-state index is 0.291. The molecule has 1 atom stereocenters. The summed E-state index contributed by atoms with van der Waals surface area (Å²) in [6.07, 6.45) is 5.81. The van der Waals surface area contributed by atoms with Gasteiger partial charge in [-0.15, -0.1) is 0 Å². The predicted molar refractivity (Wildman–Crippen MR) is 86.5 cm³/mol. The van der Waals surface area contributed by atoms with Gasteiger partial charge in [-0.1, -0.05) is 25.0 Å². The zero-order valence-electron chi connectivity index (χ0n) is 13.0. The molecule has 1 heterocycles. The summed E-state index contributed by atoms with van der Waals surface area (Å²) in [5, 5.41) is 3.18. The molecule has 1 saturated heterocycles. The van der Waals surface area contributed by atoms with Crippen molar-refractivity contribution >= 4 is 11.6 Å². The Bertz CT molecular complexity index is 494. The molecule has 1 aliphatic heterocycles. The van der Waals surface area contributed by atoms with Crippen molar-refractivity contribution in [3.8, 4) is 0 Å². The standard InChI is InChI=1S/C18H26N2O/c1-14-5-4-8-17(11-14)20-10-9-15(13-20)12-19-18(21)16-6-2-3-7-16/h4-5,8,11,15-16H,2-3,6-7,9-10,12-13H2,1H3,(H,19,21). The van der Waals surface area contributed by atoms with Crippen molar-refractivity contribution in [3.63, 3.8) is 0 Å². The number of nitrogens with one attached hydrogen (secondary N) is 1. The number of benzene rings is 1. The number of nitrogens with zero attached hydrogens (tertiary/aromatic N) is 1. The third kappa shape index (κ3) is 3.58. The van der Waals surface area contributed by atoms with Gasteiger partial charge in [0, 0.05) is 31.2 Å². The monoisotopic (exact) mass is 286 g/mol. The highest BCUT2D eigenvalue weighted by Gasteiger charge is 2.26. The van der Waals surface area contributed by atoms with E-state index in [9.17, 15) is 4.79 Å². The second kappa shape index (κ2) is 6.50. The molecule has 3 nitrogen and oxygen atoms in total. The highest BCUT2D eigenvalue weighted by Crippen LogP contribution is 2.26. The van der Waals surface area contributed by atoms with Gasteiger partial charge in [-0.2, -0.15) is 0 Å². The largest absolute Gasteiger partial charge is 0.371 e. The Balaban J connectivity index is 1.47. The highest BCUT2D eigenvalue weighted by atomic mass is 16.1. The molecule has 3 rings (SSSR count). The topological polar surface area (TPSA) is 32.3 Å². The van der Waals surface area contributed by atoms with Gasteiger partial charge in [-0.25, -0.2) is 0 Å². The molecule has 1 N–H and O–H groups in total. The first-order valence-corrected chi connectivity index (χ1v) is 8.32. The predicted octanol–water partition coefficient (Wildman–Crippen LogP) is 3.13. The quantitative estimate of drug-likeness (QED) is 0.922. The zero-order chi connectivity index (χ0) is 14.7. The van der Waals surface area contributed by atoms with Crippen molar-refractivity contribution in [1.82, 2.24) is 5.32 Å². The molecule has 1 aromatic carbocycles. The number of aryl methyl sites for hydroxylation is 1. The minimum atomic E-state index is 0.291. The summed E-state index contributed by atoms with van der Waals surface area (Å²) in [5.41, 5.74) is 2.63. The van der Waals surface area contributed by atoms with Gasteiger partial charge in [0.25, 0.3) is 0 Å². The molecule has 0 bridgehead atoms. The molecule has 1 amide bonds. The van der Waals surface area contributed by atoms with E-state index in [1.807, 2.05) is 0 Å². The van der Waals surface area contributed by atoms with Crippen molar-refractivity contribution in [2.24, 2.45) is 11.8 Å².